The van der Waals surface area contributed by atoms with Crippen LogP contribution in [0.5, 0.6) is 0 Å². The van der Waals surface area contributed by atoms with Gasteiger partial charge in [-0.25, -0.2) is 13.6 Å². The summed E-state index contributed by atoms with van der Waals surface area (Å²) in [6.07, 6.45) is 0.774. The number of amides is 1. The van der Waals surface area contributed by atoms with Crippen molar-refractivity contribution in [1.82, 2.24) is 9.88 Å². The minimum atomic E-state index is -2.96. The highest BCUT2D eigenvalue weighted by atomic mass is 19.3. The number of piperidine rings is 1. The molecule has 1 fully saturated rings. The fraction of sp³-hybridized carbons (Fsp3) is 0.562. The van der Waals surface area contributed by atoms with Crippen molar-refractivity contribution in [3.63, 3.8) is 0 Å². The van der Waals surface area contributed by atoms with Crippen LogP contribution < -0.4 is 0 Å². The second kappa shape index (κ2) is 6.22. The number of carbonyl (C=O) groups is 2. The molecule has 2 rings (SSSR count). The molecule has 1 aromatic rings. The van der Waals surface area contributed by atoms with E-state index in [4.69, 9.17) is 4.74 Å². The van der Waals surface area contributed by atoms with Gasteiger partial charge in [-0.2, -0.15) is 0 Å². The van der Waals surface area contributed by atoms with E-state index in [1.165, 1.54) is 23.2 Å². The van der Waals surface area contributed by atoms with Gasteiger partial charge in [0.25, 0.3) is 5.92 Å². The largest absolute Gasteiger partial charge is 0.444 e. The Hall–Kier alpha value is -2.05. The minimum absolute atomic E-state index is 0.0654. The fourth-order valence-electron chi connectivity index (χ4n) is 2.49. The molecule has 1 aliphatic rings. The number of hydrogen-bond acceptors (Lipinski definition) is 4. The number of rotatable bonds is 2. The summed E-state index contributed by atoms with van der Waals surface area (Å²) in [6.45, 7) is 4.94. The van der Waals surface area contributed by atoms with Crippen molar-refractivity contribution in [2.24, 2.45) is 0 Å². The third kappa shape index (κ3) is 4.24. The van der Waals surface area contributed by atoms with Crippen LogP contribution in [0.2, 0.25) is 0 Å². The lowest BCUT2D eigenvalue weighted by atomic mass is 9.87. The predicted molar refractivity (Wildman–Crippen MR) is 79.7 cm³/mol. The molecular weight excluding hydrogens is 306 g/mol. The standard InChI is InChI=1S/C16H20F2N2O3/c1-15(2,3)23-14(22)20-7-5-16(17,18)13(9-20)11-4-6-19-12(8-11)10-21/h4,6,8,10,13H,5,7,9H2,1-3H3/t13-/m1/s1. The quantitative estimate of drug-likeness (QED) is 0.783. The maximum atomic E-state index is 14.3. The van der Waals surface area contributed by atoms with Crippen molar-refractivity contribution in [3.05, 3.63) is 29.6 Å². The van der Waals surface area contributed by atoms with Gasteiger partial charge in [-0.3, -0.25) is 9.78 Å². The first-order chi connectivity index (χ1) is 10.6. The molecule has 7 heteroatoms. The topological polar surface area (TPSA) is 59.5 Å². The van der Waals surface area contributed by atoms with Crippen LogP contribution in [0.15, 0.2) is 18.3 Å². The minimum Gasteiger partial charge on any atom is -0.444 e. The summed E-state index contributed by atoms with van der Waals surface area (Å²) < 4.78 is 33.8. The normalized spacial score (nSPS) is 20.9. The average molecular weight is 326 g/mol. The SMILES string of the molecule is CC(C)(C)OC(=O)N1CCC(F)(F)[C@@H](c2ccnc(C=O)c2)C1. The first kappa shape index (κ1) is 17.3. The molecule has 1 aromatic heterocycles. The molecule has 0 aromatic carbocycles. The van der Waals surface area contributed by atoms with E-state index >= 15 is 0 Å². The second-order valence-corrected chi connectivity index (χ2v) is 6.62. The van der Waals surface area contributed by atoms with Gasteiger partial charge in [-0.1, -0.05) is 0 Å². The molecule has 0 bridgehead atoms. The van der Waals surface area contributed by atoms with Crippen LogP contribution >= 0.6 is 0 Å². The lowest BCUT2D eigenvalue weighted by molar-refractivity contribution is -0.0771. The molecule has 126 valence electrons. The number of ether oxygens (including phenoxy) is 1. The van der Waals surface area contributed by atoms with E-state index in [0.717, 1.165) is 0 Å². The monoisotopic (exact) mass is 326 g/mol. The first-order valence-corrected chi connectivity index (χ1v) is 7.39. The number of pyridine rings is 1. The van der Waals surface area contributed by atoms with E-state index in [2.05, 4.69) is 4.98 Å². The molecule has 0 N–H and O–H groups in total. The number of carbonyl (C=O) groups excluding carboxylic acids is 2. The number of aromatic nitrogens is 1. The smallest absolute Gasteiger partial charge is 0.410 e. The number of nitrogens with zero attached hydrogens (tertiary/aromatic N) is 2. The van der Waals surface area contributed by atoms with Crippen molar-refractivity contribution < 1.29 is 23.1 Å². The van der Waals surface area contributed by atoms with Crippen LogP contribution in [0.1, 0.15) is 49.2 Å². The van der Waals surface area contributed by atoms with Crippen LogP contribution in [-0.4, -0.2) is 46.9 Å². The van der Waals surface area contributed by atoms with Gasteiger partial charge in [0.1, 0.15) is 11.3 Å². The van der Waals surface area contributed by atoms with Gasteiger partial charge in [-0.15, -0.1) is 0 Å². The Morgan fingerprint density at radius 1 is 1.48 bits per heavy atom. The molecule has 0 unspecified atom stereocenters. The van der Waals surface area contributed by atoms with Gasteiger partial charge >= 0.3 is 6.09 Å². The molecule has 0 spiro atoms. The van der Waals surface area contributed by atoms with E-state index < -0.39 is 30.0 Å². The van der Waals surface area contributed by atoms with Crippen LogP contribution in [0.4, 0.5) is 13.6 Å². The zero-order valence-corrected chi connectivity index (χ0v) is 13.4. The number of alkyl halides is 2. The van der Waals surface area contributed by atoms with Crippen molar-refractivity contribution in [3.8, 4) is 0 Å². The lowest BCUT2D eigenvalue weighted by Gasteiger charge is -2.39. The van der Waals surface area contributed by atoms with Crippen LogP contribution in [-0.2, 0) is 4.74 Å². The maximum absolute atomic E-state index is 14.3. The Morgan fingerprint density at radius 2 is 2.17 bits per heavy atom. The highest BCUT2D eigenvalue weighted by molar-refractivity contribution is 5.72. The Balaban J connectivity index is 2.22. The first-order valence-electron chi connectivity index (χ1n) is 7.39. The third-order valence-corrected chi connectivity index (χ3v) is 3.61. The van der Waals surface area contributed by atoms with Gasteiger partial charge in [0.2, 0.25) is 0 Å². The highest BCUT2D eigenvalue weighted by Crippen LogP contribution is 2.40. The van der Waals surface area contributed by atoms with E-state index in [0.29, 0.717) is 11.8 Å². The zero-order chi connectivity index (χ0) is 17.3. The number of likely N-dealkylation sites (tertiary alicyclic amines) is 1. The number of aldehydes is 1. The summed E-state index contributed by atoms with van der Waals surface area (Å²) in [5.41, 5.74) is -0.304. The molecule has 1 atom stereocenters. The number of hydrogen-bond donors (Lipinski definition) is 0. The van der Waals surface area contributed by atoms with E-state index in [1.807, 2.05) is 0 Å². The van der Waals surface area contributed by atoms with E-state index in [9.17, 15) is 18.4 Å². The van der Waals surface area contributed by atoms with Crippen LogP contribution in [0, 0.1) is 0 Å². The lowest BCUT2D eigenvalue weighted by Crippen LogP contribution is -2.49. The Kier molecular flexibility index (Phi) is 4.68. The molecular formula is C16H20F2N2O3. The van der Waals surface area contributed by atoms with Crippen molar-refractivity contribution in [2.75, 3.05) is 13.1 Å². The Bertz CT molecular complexity index is 599. The summed E-state index contributed by atoms with van der Waals surface area (Å²) in [5, 5.41) is 0. The molecule has 23 heavy (non-hydrogen) atoms. The molecule has 2 heterocycles. The predicted octanol–water partition coefficient (Wildman–Crippen LogP) is 3.25. The molecule has 0 saturated carbocycles. The summed E-state index contributed by atoms with van der Waals surface area (Å²) in [7, 11) is 0. The van der Waals surface area contributed by atoms with E-state index in [1.54, 1.807) is 20.8 Å². The molecule has 0 aliphatic carbocycles. The molecule has 0 radical (unpaired) electrons. The summed E-state index contributed by atoms with van der Waals surface area (Å²) in [6, 6.07) is 2.79. The summed E-state index contributed by atoms with van der Waals surface area (Å²) in [4.78, 5) is 28.0. The molecule has 1 aliphatic heterocycles. The van der Waals surface area contributed by atoms with Gasteiger partial charge < -0.3 is 9.64 Å². The van der Waals surface area contributed by atoms with Crippen molar-refractivity contribution >= 4 is 12.4 Å². The highest BCUT2D eigenvalue weighted by Gasteiger charge is 2.46. The second-order valence-electron chi connectivity index (χ2n) is 6.62. The summed E-state index contributed by atoms with van der Waals surface area (Å²) >= 11 is 0. The van der Waals surface area contributed by atoms with Crippen LogP contribution in [0.25, 0.3) is 0 Å². The molecule has 1 amide bonds. The van der Waals surface area contributed by atoms with Crippen molar-refractivity contribution in [1.29, 1.82) is 0 Å². The Morgan fingerprint density at radius 3 is 2.78 bits per heavy atom. The Labute approximate surface area is 133 Å². The zero-order valence-electron chi connectivity index (χ0n) is 13.4. The average Bonchev–Trinajstić information content (AvgIpc) is 2.45. The van der Waals surface area contributed by atoms with E-state index in [-0.39, 0.29) is 18.8 Å². The fourth-order valence-corrected chi connectivity index (χ4v) is 2.49. The summed E-state index contributed by atoms with van der Waals surface area (Å²) in [5.74, 6) is -4.15. The molecule has 1 saturated heterocycles. The van der Waals surface area contributed by atoms with Crippen molar-refractivity contribution in [2.45, 2.75) is 44.6 Å². The van der Waals surface area contributed by atoms with Gasteiger partial charge in [-0.05, 0) is 38.5 Å². The maximum Gasteiger partial charge on any atom is 0.410 e. The van der Waals surface area contributed by atoms with Gasteiger partial charge in [0, 0.05) is 25.7 Å². The van der Waals surface area contributed by atoms with Gasteiger partial charge in [0.05, 0.1) is 5.92 Å². The van der Waals surface area contributed by atoms with Gasteiger partial charge in [0.15, 0.2) is 6.29 Å². The van der Waals surface area contributed by atoms with Crippen LogP contribution in [0.3, 0.4) is 0 Å². The molecule has 5 nitrogen and oxygen atoms in total. The third-order valence-electron chi connectivity index (χ3n) is 3.61. The number of halogens is 2.